The van der Waals surface area contributed by atoms with E-state index in [1.807, 2.05) is 0 Å². The third-order valence-corrected chi connectivity index (χ3v) is 3.87. The van der Waals surface area contributed by atoms with E-state index in [9.17, 15) is 4.79 Å². The van der Waals surface area contributed by atoms with Gasteiger partial charge in [0.2, 0.25) is 0 Å². The Morgan fingerprint density at radius 2 is 1.57 bits per heavy atom. The second-order valence-electron chi connectivity index (χ2n) is 3.82. The van der Waals surface area contributed by atoms with Crippen molar-refractivity contribution in [3.05, 3.63) is 55.2 Å². The predicted molar refractivity (Wildman–Crippen MR) is 86.8 cm³/mol. The van der Waals surface area contributed by atoms with Crippen LogP contribution in [0.1, 0.15) is 10.4 Å². The lowest BCUT2D eigenvalue weighted by Crippen LogP contribution is -2.29. The van der Waals surface area contributed by atoms with Gasteiger partial charge in [-0.3, -0.25) is 15.6 Å². The number of nitrogens with zero attached hydrogens (tertiary/aromatic N) is 1. The molecule has 0 unspecified atom stereocenters. The molecule has 0 bridgehead atoms. The maximum atomic E-state index is 11.9. The summed E-state index contributed by atoms with van der Waals surface area (Å²) in [6.07, 6.45) is 1.29. The number of amides is 1. The Morgan fingerprint density at radius 1 is 0.952 bits per heavy atom. The lowest BCUT2D eigenvalue weighted by Gasteiger charge is -2.12. The molecule has 2 aromatic rings. The van der Waals surface area contributed by atoms with Gasteiger partial charge in [0.05, 0.1) is 26.3 Å². The molecule has 0 saturated heterocycles. The van der Waals surface area contributed by atoms with Crippen molar-refractivity contribution in [2.24, 2.45) is 0 Å². The van der Waals surface area contributed by atoms with Gasteiger partial charge in [0.1, 0.15) is 5.15 Å². The van der Waals surface area contributed by atoms with Crippen molar-refractivity contribution in [1.29, 1.82) is 0 Å². The molecule has 2 N–H and O–H groups in total. The number of hydrogen-bond acceptors (Lipinski definition) is 3. The summed E-state index contributed by atoms with van der Waals surface area (Å²) in [4.78, 5) is 15.7. The molecule has 0 aliphatic carbocycles. The maximum Gasteiger partial charge on any atom is 0.271 e. The summed E-state index contributed by atoms with van der Waals surface area (Å²) in [5, 5.41) is 1.20. The Labute approximate surface area is 145 Å². The van der Waals surface area contributed by atoms with Crippen LogP contribution in [0.4, 0.5) is 5.69 Å². The molecule has 9 heteroatoms. The quantitative estimate of drug-likeness (QED) is 0.571. The first-order valence-corrected chi connectivity index (χ1v) is 7.29. The number of halogens is 5. The molecule has 110 valence electrons. The third-order valence-electron chi connectivity index (χ3n) is 2.37. The van der Waals surface area contributed by atoms with Crippen LogP contribution in [-0.4, -0.2) is 10.9 Å². The van der Waals surface area contributed by atoms with Crippen molar-refractivity contribution in [1.82, 2.24) is 10.4 Å². The van der Waals surface area contributed by atoms with Crippen molar-refractivity contribution in [3.8, 4) is 0 Å². The number of hydrogen-bond donors (Lipinski definition) is 2. The number of pyridine rings is 1. The zero-order chi connectivity index (χ0) is 15.6. The molecule has 21 heavy (non-hydrogen) atoms. The molecule has 0 aliphatic rings. The second-order valence-corrected chi connectivity index (χ2v) is 5.84. The van der Waals surface area contributed by atoms with Gasteiger partial charge < -0.3 is 0 Å². The molecule has 1 heterocycles. The first kappa shape index (κ1) is 16.5. The van der Waals surface area contributed by atoms with Gasteiger partial charge in [-0.15, -0.1) is 0 Å². The molecule has 0 saturated carbocycles. The normalized spacial score (nSPS) is 10.3. The Kier molecular flexibility index (Phi) is 5.41. The van der Waals surface area contributed by atoms with Crippen LogP contribution >= 0.6 is 58.0 Å². The van der Waals surface area contributed by atoms with Crippen molar-refractivity contribution in [2.45, 2.75) is 0 Å². The van der Waals surface area contributed by atoms with Crippen LogP contribution in [0, 0.1) is 0 Å². The number of hydrazine groups is 1. The monoisotopic (exact) mass is 383 g/mol. The smallest absolute Gasteiger partial charge is 0.271 e. The second kappa shape index (κ2) is 6.90. The summed E-state index contributed by atoms with van der Waals surface area (Å²) in [5.41, 5.74) is 5.58. The fraction of sp³-hybridized carbons (Fsp3) is 0. The Morgan fingerprint density at radius 3 is 2.14 bits per heavy atom. The number of anilines is 1. The van der Waals surface area contributed by atoms with E-state index in [4.69, 9.17) is 58.0 Å². The number of carbonyl (C=O) groups is 1. The van der Waals surface area contributed by atoms with E-state index >= 15 is 0 Å². The van der Waals surface area contributed by atoms with Crippen LogP contribution in [0.2, 0.25) is 25.2 Å². The number of aromatic nitrogens is 1. The molecule has 1 aromatic carbocycles. The van der Waals surface area contributed by atoms with Crippen LogP contribution in [0.25, 0.3) is 0 Å². The molecule has 2 rings (SSSR count). The van der Waals surface area contributed by atoms with Crippen molar-refractivity contribution in [2.75, 3.05) is 5.43 Å². The highest BCUT2D eigenvalue weighted by molar-refractivity contribution is 6.42. The summed E-state index contributed by atoms with van der Waals surface area (Å²) in [7, 11) is 0. The summed E-state index contributed by atoms with van der Waals surface area (Å²) in [6.45, 7) is 0. The number of carbonyl (C=O) groups excluding carboxylic acids is 1. The molecule has 0 aliphatic heterocycles. The SMILES string of the molecule is O=C(NNc1c(Cl)cc(Cl)cc1Cl)c1cnc(Cl)c(Cl)c1. The van der Waals surface area contributed by atoms with Crippen molar-refractivity contribution >= 4 is 69.6 Å². The van der Waals surface area contributed by atoms with Crippen molar-refractivity contribution < 1.29 is 4.79 Å². The highest BCUT2D eigenvalue weighted by atomic mass is 35.5. The van der Waals surface area contributed by atoms with Gasteiger partial charge >= 0.3 is 0 Å². The van der Waals surface area contributed by atoms with Gasteiger partial charge in [0.25, 0.3) is 5.91 Å². The molecule has 0 radical (unpaired) electrons. The Balaban J connectivity index is 2.13. The number of rotatable bonds is 3. The first-order valence-electron chi connectivity index (χ1n) is 5.40. The van der Waals surface area contributed by atoms with Crippen molar-refractivity contribution in [3.63, 3.8) is 0 Å². The largest absolute Gasteiger partial charge is 0.295 e. The topological polar surface area (TPSA) is 54.0 Å². The highest BCUT2D eigenvalue weighted by Crippen LogP contribution is 2.33. The van der Waals surface area contributed by atoms with E-state index in [1.54, 1.807) is 0 Å². The van der Waals surface area contributed by atoms with Crippen LogP contribution in [0.5, 0.6) is 0 Å². The summed E-state index contributed by atoms with van der Waals surface area (Å²) in [6, 6.07) is 4.37. The third kappa shape index (κ3) is 4.05. The fourth-order valence-corrected chi connectivity index (χ4v) is 2.58. The number of benzene rings is 1. The van der Waals surface area contributed by atoms with E-state index in [0.29, 0.717) is 10.7 Å². The van der Waals surface area contributed by atoms with Crippen LogP contribution in [-0.2, 0) is 0 Å². The van der Waals surface area contributed by atoms with E-state index in [0.717, 1.165) is 0 Å². The van der Waals surface area contributed by atoms with E-state index in [2.05, 4.69) is 15.8 Å². The predicted octanol–water partition coefficient (Wildman–Crippen LogP) is 5.11. The molecular formula is C12H6Cl5N3O. The summed E-state index contributed by atoms with van der Waals surface area (Å²) >= 11 is 29.2. The average molecular weight is 385 g/mol. The zero-order valence-electron chi connectivity index (χ0n) is 10.1. The van der Waals surface area contributed by atoms with Gasteiger partial charge in [0, 0.05) is 11.2 Å². The van der Waals surface area contributed by atoms with Gasteiger partial charge in [-0.2, -0.15) is 0 Å². The van der Waals surface area contributed by atoms with E-state index in [1.165, 1.54) is 24.4 Å². The van der Waals surface area contributed by atoms with Crippen LogP contribution in [0.3, 0.4) is 0 Å². The maximum absolute atomic E-state index is 11.9. The minimum absolute atomic E-state index is 0.116. The standard InChI is InChI=1S/C12H6Cl5N3O/c13-6-2-7(14)10(8(15)3-6)19-20-12(21)5-1-9(16)11(17)18-4-5/h1-4,19H,(H,20,21). The fourth-order valence-electron chi connectivity index (χ4n) is 1.40. The van der Waals surface area contributed by atoms with Crippen LogP contribution < -0.4 is 10.9 Å². The van der Waals surface area contributed by atoms with Gasteiger partial charge in [-0.05, 0) is 18.2 Å². The molecular weight excluding hydrogens is 379 g/mol. The number of nitrogens with one attached hydrogen (secondary N) is 2. The van der Waals surface area contributed by atoms with E-state index < -0.39 is 5.91 Å². The lowest BCUT2D eigenvalue weighted by molar-refractivity contribution is 0.0962. The lowest BCUT2D eigenvalue weighted by atomic mass is 10.3. The Bertz CT molecular complexity index is 684. The van der Waals surface area contributed by atoms with Crippen LogP contribution in [0.15, 0.2) is 24.4 Å². The average Bonchev–Trinajstić information content (AvgIpc) is 2.40. The molecule has 1 aromatic heterocycles. The first-order chi connectivity index (χ1) is 9.88. The summed E-state index contributed by atoms with van der Waals surface area (Å²) < 4.78 is 0. The molecule has 4 nitrogen and oxygen atoms in total. The molecule has 0 atom stereocenters. The van der Waals surface area contributed by atoms with Gasteiger partial charge in [-0.25, -0.2) is 4.98 Å². The molecule has 0 spiro atoms. The zero-order valence-corrected chi connectivity index (χ0v) is 13.8. The Hall–Kier alpha value is -0.910. The minimum Gasteiger partial charge on any atom is -0.295 e. The minimum atomic E-state index is -0.483. The molecule has 1 amide bonds. The summed E-state index contributed by atoms with van der Waals surface area (Å²) in [5.74, 6) is -0.483. The molecule has 0 fully saturated rings. The van der Waals surface area contributed by atoms with E-state index in [-0.39, 0.29) is 25.8 Å². The highest BCUT2D eigenvalue weighted by Gasteiger charge is 2.12. The van der Waals surface area contributed by atoms with Gasteiger partial charge in [-0.1, -0.05) is 58.0 Å². The van der Waals surface area contributed by atoms with Gasteiger partial charge in [0.15, 0.2) is 0 Å².